The second-order valence-corrected chi connectivity index (χ2v) is 18.3. The van der Waals surface area contributed by atoms with Gasteiger partial charge in [-0.2, -0.15) is 0 Å². The summed E-state index contributed by atoms with van der Waals surface area (Å²) >= 11 is 0. The lowest BCUT2D eigenvalue weighted by Crippen LogP contribution is -2.42. The molecule has 2 amide bonds. The van der Waals surface area contributed by atoms with Crippen molar-refractivity contribution in [1.29, 1.82) is 0 Å². The molecule has 5 saturated carbocycles. The Morgan fingerprint density at radius 1 is 0.943 bits per heavy atom. The van der Waals surface area contributed by atoms with Gasteiger partial charge in [-0.05, 0) is 146 Å². The molecule has 1 spiro atoms. The van der Waals surface area contributed by atoms with Gasteiger partial charge in [0.05, 0.1) is 11.7 Å². The highest BCUT2D eigenvalue weighted by molar-refractivity contribution is 6.10. The number of hydrogen-bond donors (Lipinski definition) is 3. The molecular formula is C45H56FN3O4. The van der Waals surface area contributed by atoms with E-state index < -0.39 is 5.82 Å². The van der Waals surface area contributed by atoms with E-state index in [1.54, 1.807) is 0 Å². The van der Waals surface area contributed by atoms with E-state index in [1.165, 1.54) is 57.1 Å². The molecule has 3 aromatic rings. The SMILES string of the molecule is C[C@]12CCC(=O)C[C@@H]1CCC13C(CC[C@]4(C)[C@@H](OCCCCCCNC(=O)c5ccc(-c6[nH]c7cc(F)cc8c7c6CCNC8=O)cc5)CC[C@@H]14)[C@@H]3C2. The number of ether oxygens (including phenoxy) is 1. The number of H-pyrrole nitrogens is 1. The number of carbonyl (C=O) groups is 3. The summed E-state index contributed by atoms with van der Waals surface area (Å²) in [5, 5.41) is 6.72. The van der Waals surface area contributed by atoms with Crippen molar-refractivity contribution >= 4 is 28.5 Å². The molecule has 2 unspecified atom stereocenters. The minimum Gasteiger partial charge on any atom is -0.378 e. The average Bonchev–Trinajstić information content (AvgIpc) is 3.51. The molecule has 8 atom stereocenters. The predicted molar refractivity (Wildman–Crippen MR) is 204 cm³/mol. The van der Waals surface area contributed by atoms with Gasteiger partial charge in [0.1, 0.15) is 11.6 Å². The van der Waals surface area contributed by atoms with E-state index in [9.17, 15) is 18.8 Å². The summed E-state index contributed by atoms with van der Waals surface area (Å²) in [4.78, 5) is 41.2. The second kappa shape index (κ2) is 13.3. The Hall–Kier alpha value is -3.52. The van der Waals surface area contributed by atoms with Crippen molar-refractivity contribution in [2.75, 3.05) is 19.7 Å². The van der Waals surface area contributed by atoms with Gasteiger partial charge in [-0.15, -0.1) is 0 Å². The first-order valence-electron chi connectivity index (χ1n) is 20.7. The molecule has 2 aromatic carbocycles. The van der Waals surface area contributed by atoms with Crippen molar-refractivity contribution in [3.8, 4) is 11.3 Å². The zero-order valence-electron chi connectivity index (χ0n) is 31.6. The summed E-state index contributed by atoms with van der Waals surface area (Å²) in [5.41, 5.74) is 5.52. The fourth-order valence-electron chi connectivity index (χ4n) is 12.9. The van der Waals surface area contributed by atoms with Crippen LogP contribution in [0.4, 0.5) is 4.39 Å². The minimum absolute atomic E-state index is 0.0834. The Labute approximate surface area is 313 Å². The lowest BCUT2D eigenvalue weighted by atomic mass is 9.61. The molecule has 0 bridgehead atoms. The number of benzene rings is 2. The van der Waals surface area contributed by atoms with Gasteiger partial charge in [-0.3, -0.25) is 14.4 Å². The number of Topliss-reactive ketones (excluding diaryl/α,β-unsaturated/α-hetero) is 1. The van der Waals surface area contributed by atoms with Crippen LogP contribution in [0.1, 0.15) is 130 Å². The van der Waals surface area contributed by atoms with E-state index in [2.05, 4.69) is 29.5 Å². The fourth-order valence-corrected chi connectivity index (χ4v) is 12.9. The van der Waals surface area contributed by atoms with Crippen LogP contribution in [-0.2, 0) is 16.0 Å². The molecule has 9 rings (SSSR count). The maximum atomic E-state index is 14.3. The summed E-state index contributed by atoms with van der Waals surface area (Å²) in [6.07, 6.45) is 17.1. The van der Waals surface area contributed by atoms with Crippen molar-refractivity contribution in [2.45, 2.75) is 116 Å². The number of aromatic amines is 1. The maximum absolute atomic E-state index is 14.3. The Morgan fingerprint density at radius 2 is 1.77 bits per heavy atom. The van der Waals surface area contributed by atoms with E-state index in [0.29, 0.717) is 70.2 Å². The van der Waals surface area contributed by atoms with Crippen LogP contribution in [0.3, 0.4) is 0 Å². The monoisotopic (exact) mass is 721 g/mol. The van der Waals surface area contributed by atoms with Gasteiger partial charge in [-0.25, -0.2) is 4.39 Å². The number of carbonyl (C=O) groups excluding carboxylic acids is 3. The molecule has 5 aliphatic carbocycles. The van der Waals surface area contributed by atoms with E-state index >= 15 is 0 Å². The lowest BCUT2D eigenvalue weighted by Gasteiger charge is -2.45. The van der Waals surface area contributed by atoms with Gasteiger partial charge < -0.3 is 20.4 Å². The first-order valence-corrected chi connectivity index (χ1v) is 20.7. The smallest absolute Gasteiger partial charge is 0.252 e. The van der Waals surface area contributed by atoms with E-state index in [0.717, 1.165) is 91.5 Å². The van der Waals surface area contributed by atoms with E-state index in [1.807, 2.05) is 24.3 Å². The summed E-state index contributed by atoms with van der Waals surface area (Å²) in [6.45, 7) is 7.04. The number of nitrogens with one attached hydrogen (secondary N) is 3. The third-order valence-electron chi connectivity index (χ3n) is 15.7. The number of amides is 2. The van der Waals surface area contributed by atoms with Gasteiger partial charge in [0, 0.05) is 54.7 Å². The van der Waals surface area contributed by atoms with Crippen LogP contribution in [0.5, 0.6) is 0 Å². The van der Waals surface area contributed by atoms with Crippen molar-refractivity contribution in [3.05, 3.63) is 58.9 Å². The lowest BCUT2D eigenvalue weighted by molar-refractivity contribution is -0.125. The number of aromatic nitrogens is 1. The molecule has 5 fully saturated rings. The second-order valence-electron chi connectivity index (χ2n) is 18.3. The summed E-state index contributed by atoms with van der Waals surface area (Å²) in [6, 6.07) is 10.2. The maximum Gasteiger partial charge on any atom is 0.252 e. The molecule has 282 valence electrons. The number of halogens is 1. The molecule has 2 heterocycles. The topological polar surface area (TPSA) is 100 Å². The van der Waals surface area contributed by atoms with Crippen LogP contribution in [0.15, 0.2) is 36.4 Å². The normalized spacial score (nSPS) is 34.3. The molecule has 6 aliphatic rings. The van der Waals surface area contributed by atoms with Crippen molar-refractivity contribution in [2.24, 2.45) is 39.9 Å². The highest BCUT2D eigenvalue weighted by Crippen LogP contribution is 2.81. The zero-order valence-corrected chi connectivity index (χ0v) is 31.6. The Morgan fingerprint density at radius 3 is 2.62 bits per heavy atom. The Bertz CT molecular complexity index is 1940. The highest BCUT2D eigenvalue weighted by atomic mass is 19.1. The molecular weight excluding hydrogens is 666 g/mol. The third-order valence-corrected chi connectivity index (χ3v) is 15.7. The largest absolute Gasteiger partial charge is 0.378 e. The third kappa shape index (κ3) is 5.88. The van der Waals surface area contributed by atoms with E-state index in [-0.39, 0.29) is 11.8 Å². The van der Waals surface area contributed by atoms with Crippen LogP contribution in [0.2, 0.25) is 0 Å². The fraction of sp³-hybridized carbons (Fsp3) is 0.622. The molecule has 7 nitrogen and oxygen atoms in total. The number of ketones is 1. The molecule has 0 saturated heterocycles. The number of fused-ring (bicyclic) bond motifs is 3. The number of hydrogen-bond acceptors (Lipinski definition) is 4. The van der Waals surface area contributed by atoms with Crippen molar-refractivity contribution < 1.29 is 23.5 Å². The standard InChI is InChI=1S/C45H56FN3O4/c1-43-17-14-31(50)23-29(43)13-19-45-34(35(45)26-43)15-18-44(2)37(45)11-12-38(44)53-22-6-4-3-5-20-47-41(51)28-9-7-27(8-10-28)40-32-16-21-48-42(52)33-24-30(46)25-36(49-40)39(32)33/h7-10,24-25,29,34-35,37-38,49H,3-6,11-23,26H2,1-2H3,(H,47,51)(H,48,52)/t29-,34?,35-,37+,38-,43+,44-,45?/m0/s1. The summed E-state index contributed by atoms with van der Waals surface area (Å²) in [5.74, 6) is 2.92. The van der Waals surface area contributed by atoms with Crippen molar-refractivity contribution in [1.82, 2.24) is 15.6 Å². The van der Waals surface area contributed by atoms with Gasteiger partial charge >= 0.3 is 0 Å². The molecule has 0 radical (unpaired) electrons. The zero-order chi connectivity index (χ0) is 36.5. The molecule has 1 aromatic heterocycles. The highest BCUT2D eigenvalue weighted by Gasteiger charge is 2.75. The predicted octanol–water partition coefficient (Wildman–Crippen LogP) is 8.94. The number of unbranched alkanes of at least 4 members (excludes halogenated alkanes) is 3. The van der Waals surface area contributed by atoms with Gasteiger partial charge in [0.15, 0.2) is 0 Å². The molecule has 8 heteroatoms. The van der Waals surface area contributed by atoms with Crippen molar-refractivity contribution in [3.63, 3.8) is 0 Å². The first kappa shape index (κ1) is 35.2. The van der Waals surface area contributed by atoms with Crippen LogP contribution in [0.25, 0.3) is 22.2 Å². The molecule has 53 heavy (non-hydrogen) atoms. The Balaban J connectivity index is 0.721. The van der Waals surface area contributed by atoms with E-state index in [4.69, 9.17) is 4.74 Å². The Kier molecular flexibility index (Phi) is 8.87. The quantitative estimate of drug-likeness (QED) is 0.182. The molecule has 3 N–H and O–H groups in total. The van der Waals surface area contributed by atoms with Gasteiger partial charge in [0.2, 0.25) is 0 Å². The van der Waals surface area contributed by atoms with Crippen LogP contribution >= 0.6 is 0 Å². The van der Waals surface area contributed by atoms with Gasteiger partial charge in [0.25, 0.3) is 11.8 Å². The minimum atomic E-state index is -0.447. The summed E-state index contributed by atoms with van der Waals surface area (Å²) < 4.78 is 21.0. The van der Waals surface area contributed by atoms with Crippen LogP contribution in [0, 0.1) is 45.7 Å². The van der Waals surface area contributed by atoms with Crippen LogP contribution < -0.4 is 10.6 Å². The summed E-state index contributed by atoms with van der Waals surface area (Å²) in [7, 11) is 0. The number of rotatable bonds is 10. The molecule has 1 aliphatic heterocycles. The first-order chi connectivity index (χ1) is 25.6. The average molecular weight is 722 g/mol. The van der Waals surface area contributed by atoms with Crippen LogP contribution in [-0.4, -0.2) is 48.4 Å². The van der Waals surface area contributed by atoms with Gasteiger partial charge in [-0.1, -0.05) is 38.8 Å².